The van der Waals surface area contributed by atoms with Gasteiger partial charge in [0.15, 0.2) is 0 Å². The van der Waals surface area contributed by atoms with E-state index in [0.717, 1.165) is 42.1 Å². The molecule has 1 aromatic carbocycles. The first-order valence-electron chi connectivity index (χ1n) is 13.4. The number of carbonyl (C=O) groups excluding carboxylic acids is 2. The van der Waals surface area contributed by atoms with Crippen LogP contribution in [0.4, 0.5) is 0 Å². The van der Waals surface area contributed by atoms with E-state index in [2.05, 4.69) is 37.9 Å². The smallest absolute Gasteiger partial charge is 0.254 e. The number of hydrogen-bond acceptors (Lipinski definition) is 5. The number of hydrogen-bond donors (Lipinski definition) is 1. The third kappa shape index (κ3) is 6.33. The summed E-state index contributed by atoms with van der Waals surface area (Å²) in [7, 11) is 0. The average Bonchev–Trinajstić information content (AvgIpc) is 3.61. The lowest BCUT2D eigenvalue weighted by Gasteiger charge is -2.42. The van der Waals surface area contributed by atoms with Gasteiger partial charge in [0.25, 0.3) is 5.91 Å². The molecule has 6 nitrogen and oxygen atoms in total. The van der Waals surface area contributed by atoms with Gasteiger partial charge in [0.2, 0.25) is 5.91 Å². The molecule has 1 aliphatic heterocycles. The van der Waals surface area contributed by atoms with Gasteiger partial charge in [0.1, 0.15) is 5.76 Å². The highest BCUT2D eigenvalue weighted by Gasteiger charge is 2.44. The number of nitrogens with one attached hydrogen (secondary N) is 1. The van der Waals surface area contributed by atoms with E-state index in [1.807, 2.05) is 58.8 Å². The van der Waals surface area contributed by atoms with Crippen LogP contribution in [0.25, 0.3) is 0 Å². The molecule has 0 saturated heterocycles. The zero-order valence-corrected chi connectivity index (χ0v) is 23.2. The Morgan fingerprint density at radius 1 is 1.14 bits per heavy atom. The fraction of sp³-hybridized carbons (Fsp3) is 0.467. The van der Waals surface area contributed by atoms with Crippen LogP contribution in [0.15, 0.2) is 64.6 Å². The Balaban J connectivity index is 1.51. The van der Waals surface area contributed by atoms with Gasteiger partial charge in [-0.15, -0.1) is 11.3 Å². The molecular formula is C30H39N3O3S. The maximum Gasteiger partial charge on any atom is 0.254 e. The molecule has 37 heavy (non-hydrogen) atoms. The van der Waals surface area contributed by atoms with Crippen LogP contribution in [-0.4, -0.2) is 47.3 Å². The lowest BCUT2D eigenvalue weighted by Crippen LogP contribution is -2.48. The van der Waals surface area contributed by atoms with Crippen LogP contribution in [0, 0.1) is 5.92 Å². The molecule has 0 spiro atoms. The van der Waals surface area contributed by atoms with Gasteiger partial charge >= 0.3 is 0 Å². The predicted molar refractivity (Wildman–Crippen MR) is 149 cm³/mol. The molecule has 7 heteroatoms. The lowest BCUT2D eigenvalue weighted by molar-refractivity contribution is -0.124. The summed E-state index contributed by atoms with van der Waals surface area (Å²) in [6.45, 7) is 11.5. The van der Waals surface area contributed by atoms with Crippen molar-refractivity contribution in [3.8, 4) is 0 Å². The zero-order valence-electron chi connectivity index (χ0n) is 22.4. The van der Waals surface area contributed by atoms with Crippen LogP contribution in [0.5, 0.6) is 0 Å². The van der Waals surface area contributed by atoms with Crippen molar-refractivity contribution in [2.45, 2.75) is 65.1 Å². The molecule has 1 N–H and O–H groups in total. The van der Waals surface area contributed by atoms with Crippen molar-refractivity contribution < 1.29 is 14.0 Å². The van der Waals surface area contributed by atoms with Crippen LogP contribution in [0.1, 0.15) is 79.1 Å². The van der Waals surface area contributed by atoms with Gasteiger partial charge in [0, 0.05) is 36.1 Å². The Hall–Kier alpha value is -2.90. The van der Waals surface area contributed by atoms with E-state index in [1.165, 1.54) is 0 Å². The summed E-state index contributed by atoms with van der Waals surface area (Å²) < 4.78 is 5.57. The van der Waals surface area contributed by atoms with E-state index >= 15 is 0 Å². The van der Waals surface area contributed by atoms with E-state index in [-0.39, 0.29) is 17.9 Å². The zero-order chi connectivity index (χ0) is 26.4. The molecule has 2 amide bonds. The highest BCUT2D eigenvalue weighted by atomic mass is 32.1. The topological polar surface area (TPSA) is 65.8 Å². The van der Waals surface area contributed by atoms with Crippen molar-refractivity contribution >= 4 is 23.2 Å². The third-order valence-electron chi connectivity index (χ3n) is 7.19. The molecule has 4 rings (SSSR count). The molecular weight excluding hydrogens is 482 g/mol. The maximum atomic E-state index is 13.8. The summed E-state index contributed by atoms with van der Waals surface area (Å²) in [4.78, 5) is 32.8. The van der Waals surface area contributed by atoms with Crippen molar-refractivity contribution in [3.63, 3.8) is 0 Å². The summed E-state index contributed by atoms with van der Waals surface area (Å²) in [5, 5.41) is 5.24. The van der Waals surface area contributed by atoms with Gasteiger partial charge in [-0.3, -0.25) is 14.5 Å². The van der Waals surface area contributed by atoms with E-state index in [1.54, 1.807) is 17.6 Å². The van der Waals surface area contributed by atoms with Gasteiger partial charge in [0.05, 0.1) is 24.8 Å². The molecule has 1 aliphatic rings. The quantitative estimate of drug-likeness (QED) is 0.293. The minimum Gasteiger partial charge on any atom is -0.468 e. The Kier molecular flexibility index (Phi) is 9.22. The standard InChI is InChI=1S/C30H39N3O3S/c1-5-22(4)32(20-23-11-8-17-36-23)16-10-15-31-29(34)27-24-12-6-7-13-25(24)30(35)33(19-21(2)3)28(27)26-14-9-18-37-26/h6-9,11-14,17-18,21-22,27-28H,5,10,15-16,19-20H2,1-4H3,(H,31,34)/t22-,27-,28-/m0/s1. The van der Waals surface area contributed by atoms with E-state index in [0.29, 0.717) is 30.6 Å². The largest absolute Gasteiger partial charge is 0.468 e. The number of rotatable bonds is 12. The van der Waals surface area contributed by atoms with Crippen LogP contribution in [0.3, 0.4) is 0 Å². The Bertz CT molecular complexity index is 1140. The number of fused-ring (bicyclic) bond motifs is 1. The highest BCUT2D eigenvalue weighted by molar-refractivity contribution is 7.10. The Morgan fingerprint density at radius 3 is 2.62 bits per heavy atom. The minimum absolute atomic E-state index is 0.00821. The molecule has 3 heterocycles. The second kappa shape index (κ2) is 12.6. The highest BCUT2D eigenvalue weighted by Crippen LogP contribution is 2.44. The number of furan rings is 1. The summed E-state index contributed by atoms with van der Waals surface area (Å²) in [5.41, 5.74) is 1.46. The van der Waals surface area contributed by atoms with Crippen LogP contribution in [-0.2, 0) is 11.3 Å². The molecule has 0 radical (unpaired) electrons. The molecule has 0 bridgehead atoms. The first-order chi connectivity index (χ1) is 17.9. The van der Waals surface area contributed by atoms with Crippen molar-refractivity contribution in [2.24, 2.45) is 5.92 Å². The lowest BCUT2D eigenvalue weighted by atomic mass is 9.81. The SMILES string of the molecule is CC[C@H](C)N(CCCNC(=O)[C@H]1c2ccccc2C(=O)N(CC(C)C)[C@H]1c1cccs1)Cc1ccco1. The first-order valence-corrected chi connectivity index (χ1v) is 14.3. The van der Waals surface area contributed by atoms with Gasteiger partial charge in [-0.05, 0) is 60.9 Å². The van der Waals surface area contributed by atoms with E-state index < -0.39 is 5.92 Å². The fourth-order valence-corrected chi connectivity index (χ4v) is 6.04. The number of nitrogens with zero attached hydrogens (tertiary/aromatic N) is 2. The first kappa shape index (κ1) is 27.1. The normalized spacial score (nSPS) is 18.3. The van der Waals surface area contributed by atoms with Crippen LogP contribution >= 0.6 is 11.3 Å². The summed E-state index contributed by atoms with van der Waals surface area (Å²) in [6, 6.07) is 15.7. The minimum atomic E-state index is -0.444. The number of carbonyl (C=O) groups is 2. The molecule has 3 aromatic rings. The molecule has 198 valence electrons. The van der Waals surface area contributed by atoms with Gasteiger partial charge in [-0.1, -0.05) is 45.0 Å². The maximum absolute atomic E-state index is 13.8. The molecule has 3 atom stereocenters. The Labute approximate surface area is 224 Å². The average molecular weight is 522 g/mol. The predicted octanol–water partition coefficient (Wildman–Crippen LogP) is 6.08. The van der Waals surface area contributed by atoms with Crippen molar-refractivity contribution in [2.75, 3.05) is 19.6 Å². The van der Waals surface area contributed by atoms with E-state index in [4.69, 9.17) is 4.42 Å². The summed E-state index contributed by atoms with van der Waals surface area (Å²) >= 11 is 1.61. The van der Waals surface area contributed by atoms with Crippen molar-refractivity contribution in [1.82, 2.24) is 15.1 Å². The number of benzene rings is 1. The third-order valence-corrected chi connectivity index (χ3v) is 8.14. The van der Waals surface area contributed by atoms with Crippen LogP contribution < -0.4 is 5.32 Å². The van der Waals surface area contributed by atoms with Gasteiger partial charge in [-0.2, -0.15) is 0 Å². The Morgan fingerprint density at radius 2 is 1.95 bits per heavy atom. The summed E-state index contributed by atoms with van der Waals surface area (Å²) in [5.74, 6) is 0.792. The molecule has 0 saturated carbocycles. The van der Waals surface area contributed by atoms with Crippen molar-refractivity contribution in [1.29, 1.82) is 0 Å². The molecule has 0 aliphatic carbocycles. The number of thiophene rings is 1. The molecule has 0 fully saturated rings. The summed E-state index contributed by atoms with van der Waals surface area (Å²) in [6.07, 6.45) is 3.60. The molecule has 0 unspecified atom stereocenters. The van der Waals surface area contributed by atoms with Gasteiger partial charge in [-0.25, -0.2) is 0 Å². The second-order valence-electron chi connectivity index (χ2n) is 10.3. The second-order valence-corrected chi connectivity index (χ2v) is 11.3. The van der Waals surface area contributed by atoms with E-state index in [9.17, 15) is 9.59 Å². The molecule has 2 aromatic heterocycles. The van der Waals surface area contributed by atoms with Crippen molar-refractivity contribution in [3.05, 3.63) is 81.9 Å². The van der Waals surface area contributed by atoms with Crippen LogP contribution in [0.2, 0.25) is 0 Å². The number of amides is 2. The monoisotopic (exact) mass is 521 g/mol. The fourth-order valence-electron chi connectivity index (χ4n) is 5.17. The van der Waals surface area contributed by atoms with Gasteiger partial charge < -0.3 is 14.6 Å².